The predicted octanol–water partition coefficient (Wildman–Crippen LogP) is 4.81. The van der Waals surface area contributed by atoms with Crippen molar-refractivity contribution >= 4 is 39.2 Å². The van der Waals surface area contributed by atoms with Gasteiger partial charge in [0.05, 0.1) is 22.8 Å². The molecule has 0 N–H and O–H groups in total. The Hall–Kier alpha value is -1.89. The molecule has 28 heavy (non-hydrogen) atoms. The van der Waals surface area contributed by atoms with Gasteiger partial charge in [-0.2, -0.15) is 0 Å². The summed E-state index contributed by atoms with van der Waals surface area (Å²) in [5, 5.41) is 1.14. The van der Waals surface area contributed by atoms with E-state index in [4.69, 9.17) is 4.98 Å². The van der Waals surface area contributed by atoms with E-state index in [1.165, 1.54) is 9.60 Å². The minimum atomic E-state index is 0.168. The molecular weight excluding hydrogens is 386 g/mol. The van der Waals surface area contributed by atoms with Crippen LogP contribution in [0, 0.1) is 0 Å². The van der Waals surface area contributed by atoms with Crippen LogP contribution in [0.15, 0.2) is 53.4 Å². The third kappa shape index (κ3) is 4.24. The minimum absolute atomic E-state index is 0.168. The highest BCUT2D eigenvalue weighted by Crippen LogP contribution is 2.36. The fraction of sp³-hybridized carbons (Fsp3) is 0.364. The molecule has 1 aromatic heterocycles. The van der Waals surface area contributed by atoms with E-state index < -0.39 is 0 Å². The van der Waals surface area contributed by atoms with E-state index in [1.807, 2.05) is 18.0 Å². The highest BCUT2D eigenvalue weighted by Gasteiger charge is 2.30. The van der Waals surface area contributed by atoms with Crippen LogP contribution in [-0.2, 0) is 11.3 Å². The number of likely N-dealkylation sites (N-methyl/N-ethyl adjacent to an activating group) is 1. The molecule has 4 rings (SSSR count). The van der Waals surface area contributed by atoms with Crippen LogP contribution in [0.25, 0.3) is 10.2 Å². The number of benzene rings is 2. The van der Waals surface area contributed by atoms with Gasteiger partial charge in [-0.25, -0.2) is 4.98 Å². The molecule has 4 nitrogen and oxygen atoms in total. The third-order valence-corrected chi connectivity index (χ3v) is 7.18. The summed E-state index contributed by atoms with van der Waals surface area (Å²) < 4.78 is 1.22. The SMILES string of the molecule is CSc1ccc(CN(C)C(=O)CN2CCC[C@H]2c2nc3ccccc3s2)cc1. The number of carbonyl (C=O) groups is 1. The quantitative estimate of drug-likeness (QED) is 0.545. The summed E-state index contributed by atoms with van der Waals surface area (Å²) in [6.45, 7) is 2.07. The number of hydrogen-bond acceptors (Lipinski definition) is 5. The summed E-state index contributed by atoms with van der Waals surface area (Å²) in [6, 6.07) is 17.0. The van der Waals surface area contributed by atoms with Crippen molar-refractivity contribution in [1.82, 2.24) is 14.8 Å². The number of likely N-dealkylation sites (tertiary alicyclic amines) is 1. The first kappa shape index (κ1) is 19.4. The van der Waals surface area contributed by atoms with Crippen LogP contribution < -0.4 is 0 Å². The Kier molecular flexibility index (Phi) is 5.99. The lowest BCUT2D eigenvalue weighted by Gasteiger charge is -2.25. The maximum absolute atomic E-state index is 12.8. The number of rotatable bonds is 6. The Morgan fingerprint density at radius 1 is 1.25 bits per heavy atom. The summed E-state index contributed by atoms with van der Waals surface area (Å²) in [7, 11) is 1.90. The van der Waals surface area contributed by atoms with E-state index in [9.17, 15) is 4.79 Å². The second-order valence-corrected chi connectivity index (χ2v) is 9.19. The average molecular weight is 412 g/mol. The number of thioether (sulfide) groups is 1. The Bertz CT molecular complexity index is 921. The van der Waals surface area contributed by atoms with Gasteiger partial charge in [-0.3, -0.25) is 9.69 Å². The van der Waals surface area contributed by atoms with Crippen molar-refractivity contribution in [2.45, 2.75) is 30.3 Å². The van der Waals surface area contributed by atoms with Crippen LogP contribution in [-0.4, -0.2) is 47.1 Å². The first-order valence-corrected chi connectivity index (χ1v) is 11.6. The van der Waals surface area contributed by atoms with Gasteiger partial charge < -0.3 is 4.90 Å². The van der Waals surface area contributed by atoms with Crippen LogP contribution in [0.4, 0.5) is 0 Å². The predicted molar refractivity (Wildman–Crippen MR) is 118 cm³/mol. The summed E-state index contributed by atoms with van der Waals surface area (Å²) in [6.07, 6.45) is 4.27. The van der Waals surface area contributed by atoms with Crippen LogP contribution in [0.2, 0.25) is 0 Å². The zero-order chi connectivity index (χ0) is 19.5. The van der Waals surface area contributed by atoms with Crippen LogP contribution in [0.3, 0.4) is 0 Å². The second-order valence-electron chi connectivity index (χ2n) is 7.25. The Balaban J connectivity index is 1.40. The van der Waals surface area contributed by atoms with Crippen molar-refractivity contribution in [3.05, 3.63) is 59.1 Å². The summed E-state index contributed by atoms with van der Waals surface area (Å²) in [5.74, 6) is 0.168. The first-order valence-electron chi connectivity index (χ1n) is 9.60. The van der Waals surface area contributed by atoms with Crippen LogP contribution in [0.5, 0.6) is 0 Å². The Morgan fingerprint density at radius 3 is 2.79 bits per heavy atom. The lowest BCUT2D eigenvalue weighted by Crippen LogP contribution is -2.37. The zero-order valence-corrected chi connectivity index (χ0v) is 17.9. The molecule has 1 amide bonds. The molecule has 1 aliphatic rings. The van der Waals surface area contributed by atoms with E-state index in [0.717, 1.165) is 35.5 Å². The normalized spacial score (nSPS) is 17.3. The number of aromatic nitrogens is 1. The Labute approximate surface area is 174 Å². The van der Waals surface area contributed by atoms with Crippen molar-refractivity contribution in [3.63, 3.8) is 0 Å². The highest BCUT2D eigenvalue weighted by atomic mass is 32.2. The number of nitrogens with zero attached hydrogens (tertiary/aromatic N) is 3. The molecule has 0 bridgehead atoms. The number of hydrogen-bond donors (Lipinski definition) is 0. The van der Waals surface area contributed by atoms with E-state index in [0.29, 0.717) is 13.1 Å². The van der Waals surface area contributed by atoms with Gasteiger partial charge in [-0.1, -0.05) is 24.3 Å². The van der Waals surface area contributed by atoms with Gasteiger partial charge >= 0.3 is 0 Å². The molecule has 0 radical (unpaired) electrons. The number of carbonyl (C=O) groups excluding carboxylic acids is 1. The average Bonchev–Trinajstić information content (AvgIpc) is 3.34. The minimum Gasteiger partial charge on any atom is -0.340 e. The van der Waals surface area contributed by atoms with E-state index in [-0.39, 0.29) is 11.9 Å². The molecule has 0 unspecified atom stereocenters. The van der Waals surface area contributed by atoms with Crippen molar-refractivity contribution in [3.8, 4) is 0 Å². The maximum Gasteiger partial charge on any atom is 0.236 e. The fourth-order valence-corrected chi connectivity index (χ4v) is 5.26. The van der Waals surface area contributed by atoms with Gasteiger partial charge in [0.2, 0.25) is 5.91 Å². The molecule has 3 aromatic rings. The van der Waals surface area contributed by atoms with Gasteiger partial charge in [0.1, 0.15) is 5.01 Å². The van der Waals surface area contributed by atoms with E-state index in [2.05, 4.69) is 53.6 Å². The number of amides is 1. The molecule has 0 saturated carbocycles. The van der Waals surface area contributed by atoms with Gasteiger partial charge in [0.25, 0.3) is 0 Å². The van der Waals surface area contributed by atoms with Gasteiger partial charge in [0.15, 0.2) is 0 Å². The van der Waals surface area contributed by atoms with E-state index in [1.54, 1.807) is 23.1 Å². The molecule has 2 heterocycles. The largest absolute Gasteiger partial charge is 0.340 e. The summed E-state index contributed by atoms with van der Waals surface area (Å²) in [4.78, 5) is 23.0. The van der Waals surface area contributed by atoms with Crippen molar-refractivity contribution < 1.29 is 4.79 Å². The molecule has 0 aliphatic carbocycles. The van der Waals surface area contributed by atoms with E-state index >= 15 is 0 Å². The number of thiazole rings is 1. The third-order valence-electron chi connectivity index (χ3n) is 5.30. The maximum atomic E-state index is 12.8. The lowest BCUT2D eigenvalue weighted by atomic mass is 10.2. The zero-order valence-electron chi connectivity index (χ0n) is 16.3. The Morgan fingerprint density at radius 2 is 2.04 bits per heavy atom. The highest BCUT2D eigenvalue weighted by molar-refractivity contribution is 7.98. The molecular formula is C22H25N3OS2. The topological polar surface area (TPSA) is 36.4 Å². The van der Waals surface area contributed by atoms with Crippen molar-refractivity contribution in [2.75, 3.05) is 26.4 Å². The molecule has 1 aliphatic heterocycles. The van der Waals surface area contributed by atoms with Crippen molar-refractivity contribution in [1.29, 1.82) is 0 Å². The van der Waals surface area contributed by atoms with Gasteiger partial charge in [-0.05, 0) is 55.5 Å². The molecule has 1 saturated heterocycles. The molecule has 2 aromatic carbocycles. The molecule has 1 fully saturated rings. The lowest BCUT2D eigenvalue weighted by molar-refractivity contribution is -0.131. The molecule has 6 heteroatoms. The standard InChI is InChI=1S/C22H25N3OS2/c1-24(14-16-9-11-17(27-2)12-10-16)21(26)15-25-13-5-7-19(25)22-23-18-6-3-4-8-20(18)28-22/h3-4,6,8-12,19H,5,7,13-15H2,1-2H3/t19-/m0/s1. The molecule has 0 spiro atoms. The number of fused-ring (bicyclic) bond motifs is 1. The molecule has 1 atom stereocenters. The molecule has 146 valence electrons. The van der Waals surface area contributed by atoms with Crippen LogP contribution >= 0.6 is 23.1 Å². The monoisotopic (exact) mass is 411 g/mol. The summed E-state index contributed by atoms with van der Waals surface area (Å²) >= 11 is 3.49. The van der Waals surface area contributed by atoms with Crippen LogP contribution in [0.1, 0.15) is 29.5 Å². The first-order chi connectivity index (χ1) is 13.6. The van der Waals surface area contributed by atoms with Crippen molar-refractivity contribution in [2.24, 2.45) is 0 Å². The summed E-state index contributed by atoms with van der Waals surface area (Å²) in [5.41, 5.74) is 2.23. The smallest absolute Gasteiger partial charge is 0.236 e. The second kappa shape index (κ2) is 8.64. The fourth-order valence-electron chi connectivity index (χ4n) is 3.72. The van der Waals surface area contributed by atoms with Gasteiger partial charge in [0, 0.05) is 18.5 Å². The van der Waals surface area contributed by atoms with Gasteiger partial charge in [-0.15, -0.1) is 23.1 Å². The number of para-hydroxylation sites is 1.